The maximum Gasteiger partial charge on any atom is 0.0867 e. The normalized spacial score (nSPS) is 15.0. The highest BCUT2D eigenvalue weighted by molar-refractivity contribution is 5.68. The van der Waals surface area contributed by atoms with Crippen molar-refractivity contribution in [3.8, 4) is 0 Å². The first-order chi connectivity index (χ1) is 6.72. The average Bonchev–Trinajstić information content (AvgIpc) is 2.18. The first-order valence-electron chi connectivity index (χ1n) is 4.93. The number of hydrogen-bond donors (Lipinski definition) is 0. The van der Waals surface area contributed by atoms with E-state index in [-0.39, 0.29) is 0 Å². The maximum atomic E-state index is 3.75. The predicted molar refractivity (Wildman–Crippen MR) is 60.1 cm³/mol. The molecule has 1 aromatic carbocycles. The zero-order valence-corrected chi connectivity index (χ0v) is 8.80. The quantitative estimate of drug-likeness (QED) is 0.562. The fraction of sp³-hybridized carbons (Fsp3) is 0.308. The van der Waals surface area contributed by atoms with E-state index in [2.05, 4.69) is 49.4 Å². The second-order valence-corrected chi connectivity index (χ2v) is 3.86. The van der Waals surface area contributed by atoms with E-state index in [4.69, 9.17) is 0 Å². The first kappa shape index (κ1) is 9.11. The molecule has 14 heavy (non-hydrogen) atoms. The van der Waals surface area contributed by atoms with Crippen molar-refractivity contribution in [3.05, 3.63) is 47.2 Å². The lowest BCUT2D eigenvalue weighted by molar-refractivity contribution is 0.469. The van der Waals surface area contributed by atoms with Gasteiger partial charge in [0.2, 0.25) is 0 Å². The van der Waals surface area contributed by atoms with Gasteiger partial charge in [-0.1, -0.05) is 30.3 Å². The molecule has 1 heterocycles. The van der Waals surface area contributed by atoms with E-state index < -0.39 is 0 Å². The third-order valence-corrected chi connectivity index (χ3v) is 2.78. The summed E-state index contributed by atoms with van der Waals surface area (Å²) in [7, 11) is 2.09. The SMILES string of the molecule is C=C=C1c2ccc(C)cc2CCN1C. The fourth-order valence-electron chi connectivity index (χ4n) is 2.00. The lowest BCUT2D eigenvalue weighted by Gasteiger charge is -2.28. The number of rotatable bonds is 0. The Labute approximate surface area is 85.4 Å². The van der Waals surface area contributed by atoms with Gasteiger partial charge in [0, 0.05) is 19.2 Å². The highest BCUT2D eigenvalue weighted by Gasteiger charge is 2.17. The van der Waals surface area contributed by atoms with E-state index in [9.17, 15) is 0 Å². The van der Waals surface area contributed by atoms with Crippen molar-refractivity contribution < 1.29 is 0 Å². The molecule has 1 aromatic rings. The highest BCUT2D eigenvalue weighted by Crippen LogP contribution is 2.27. The average molecular weight is 185 g/mol. The Morgan fingerprint density at radius 2 is 2.21 bits per heavy atom. The molecule has 0 N–H and O–H groups in total. The zero-order valence-electron chi connectivity index (χ0n) is 8.80. The molecule has 0 aliphatic carbocycles. The minimum atomic E-state index is 1.06. The van der Waals surface area contributed by atoms with E-state index >= 15 is 0 Å². The maximum absolute atomic E-state index is 3.75. The molecule has 0 spiro atoms. The molecule has 0 atom stereocenters. The summed E-state index contributed by atoms with van der Waals surface area (Å²) >= 11 is 0. The Morgan fingerprint density at radius 3 is 2.93 bits per heavy atom. The van der Waals surface area contributed by atoms with E-state index in [1.165, 1.54) is 16.7 Å². The largest absolute Gasteiger partial charge is 0.367 e. The third kappa shape index (κ3) is 1.36. The van der Waals surface area contributed by atoms with Gasteiger partial charge in [-0.15, -0.1) is 5.73 Å². The van der Waals surface area contributed by atoms with E-state index in [0.29, 0.717) is 0 Å². The Morgan fingerprint density at radius 1 is 1.43 bits per heavy atom. The minimum absolute atomic E-state index is 1.06. The van der Waals surface area contributed by atoms with Gasteiger partial charge in [-0.05, 0) is 18.9 Å². The predicted octanol–water partition coefficient (Wildman–Crippen LogP) is 2.61. The van der Waals surface area contributed by atoms with Crippen LogP contribution in [-0.4, -0.2) is 18.5 Å². The standard InChI is InChI=1S/C13H15N/c1-4-13-12-6-5-10(2)9-11(12)7-8-14(13)3/h5-6,9H,1,7-8H2,2-3H3. The van der Waals surface area contributed by atoms with E-state index in [1.54, 1.807) is 0 Å². The van der Waals surface area contributed by atoms with Gasteiger partial charge in [0.15, 0.2) is 0 Å². The lowest BCUT2D eigenvalue weighted by Crippen LogP contribution is -2.25. The van der Waals surface area contributed by atoms with Gasteiger partial charge in [0.1, 0.15) is 0 Å². The van der Waals surface area contributed by atoms with Crippen molar-refractivity contribution in [2.75, 3.05) is 13.6 Å². The van der Waals surface area contributed by atoms with Crippen LogP contribution in [0.1, 0.15) is 16.7 Å². The number of fused-ring (bicyclic) bond motifs is 1. The number of hydrogen-bond acceptors (Lipinski definition) is 1. The summed E-state index contributed by atoms with van der Waals surface area (Å²) in [4.78, 5) is 2.21. The molecule has 1 heteroatoms. The molecule has 0 saturated carbocycles. The van der Waals surface area contributed by atoms with Crippen LogP contribution in [-0.2, 0) is 6.42 Å². The number of likely N-dealkylation sites (N-methyl/N-ethyl adjacent to an activating group) is 1. The summed E-state index contributed by atoms with van der Waals surface area (Å²) in [5.41, 5.74) is 8.20. The van der Waals surface area contributed by atoms with Crippen molar-refractivity contribution in [1.29, 1.82) is 0 Å². The molecule has 1 nitrogen and oxygen atoms in total. The second kappa shape index (κ2) is 3.36. The topological polar surface area (TPSA) is 3.24 Å². The number of benzene rings is 1. The van der Waals surface area contributed by atoms with E-state index in [0.717, 1.165) is 18.7 Å². The summed E-state index contributed by atoms with van der Waals surface area (Å²) in [6.45, 7) is 6.95. The Kier molecular flexibility index (Phi) is 2.18. The van der Waals surface area contributed by atoms with Crippen LogP contribution < -0.4 is 0 Å². The van der Waals surface area contributed by atoms with Crippen molar-refractivity contribution in [2.24, 2.45) is 0 Å². The molecule has 0 fully saturated rings. The molecule has 1 aliphatic heterocycles. The van der Waals surface area contributed by atoms with Gasteiger partial charge in [-0.2, -0.15) is 0 Å². The molecule has 2 rings (SSSR count). The van der Waals surface area contributed by atoms with Crippen LogP contribution in [0.25, 0.3) is 5.70 Å². The minimum Gasteiger partial charge on any atom is -0.367 e. The molecule has 0 saturated heterocycles. The second-order valence-electron chi connectivity index (χ2n) is 3.86. The zero-order chi connectivity index (χ0) is 10.1. The third-order valence-electron chi connectivity index (χ3n) is 2.78. The molecule has 1 aliphatic rings. The summed E-state index contributed by atoms with van der Waals surface area (Å²) in [6.07, 6.45) is 1.12. The number of aryl methyl sites for hydroxylation is 1. The van der Waals surface area contributed by atoms with E-state index in [1.807, 2.05) is 0 Å². The summed E-state index contributed by atoms with van der Waals surface area (Å²) in [6, 6.07) is 6.59. The van der Waals surface area contributed by atoms with Gasteiger partial charge >= 0.3 is 0 Å². The fourth-order valence-corrected chi connectivity index (χ4v) is 2.00. The molecular formula is C13H15N. The Hall–Kier alpha value is -1.46. The van der Waals surface area contributed by atoms with Crippen molar-refractivity contribution in [3.63, 3.8) is 0 Å². The van der Waals surface area contributed by atoms with Gasteiger partial charge < -0.3 is 4.90 Å². The lowest BCUT2D eigenvalue weighted by atomic mass is 9.95. The smallest absolute Gasteiger partial charge is 0.0867 e. The molecule has 0 bridgehead atoms. The van der Waals surface area contributed by atoms with Crippen LogP contribution in [0.3, 0.4) is 0 Å². The molecule has 0 radical (unpaired) electrons. The van der Waals surface area contributed by atoms with Gasteiger partial charge in [-0.25, -0.2) is 0 Å². The molecular weight excluding hydrogens is 170 g/mol. The van der Waals surface area contributed by atoms with Crippen LogP contribution in [0.4, 0.5) is 0 Å². The highest BCUT2D eigenvalue weighted by atomic mass is 15.1. The Bertz CT molecular complexity index is 411. The van der Waals surface area contributed by atoms with Crippen molar-refractivity contribution in [1.82, 2.24) is 4.90 Å². The summed E-state index contributed by atoms with van der Waals surface area (Å²) < 4.78 is 0. The van der Waals surface area contributed by atoms with Crippen LogP contribution in [0, 0.1) is 6.92 Å². The van der Waals surface area contributed by atoms with Crippen LogP contribution in [0.15, 0.2) is 30.5 Å². The number of nitrogens with zero attached hydrogens (tertiary/aromatic N) is 1. The van der Waals surface area contributed by atoms with Gasteiger partial charge in [-0.3, -0.25) is 0 Å². The van der Waals surface area contributed by atoms with Crippen molar-refractivity contribution in [2.45, 2.75) is 13.3 Å². The van der Waals surface area contributed by atoms with Crippen molar-refractivity contribution >= 4 is 5.70 Å². The van der Waals surface area contributed by atoms with Gasteiger partial charge in [0.05, 0.1) is 5.70 Å². The summed E-state index contributed by atoms with van der Waals surface area (Å²) in [5.74, 6) is 0. The van der Waals surface area contributed by atoms with Crippen LogP contribution in [0.5, 0.6) is 0 Å². The molecule has 0 unspecified atom stereocenters. The molecule has 0 amide bonds. The Balaban J connectivity index is 2.58. The molecule has 0 aromatic heterocycles. The van der Waals surface area contributed by atoms with Gasteiger partial charge in [0.25, 0.3) is 0 Å². The summed E-state index contributed by atoms with van der Waals surface area (Å²) in [5, 5.41) is 0. The monoisotopic (exact) mass is 185 g/mol. The first-order valence-corrected chi connectivity index (χ1v) is 4.93. The van der Waals surface area contributed by atoms with Crippen LogP contribution in [0.2, 0.25) is 0 Å². The van der Waals surface area contributed by atoms with Crippen LogP contribution >= 0.6 is 0 Å². The molecule has 72 valence electrons.